The Morgan fingerprint density at radius 1 is 1.12 bits per heavy atom. The lowest BCUT2D eigenvalue weighted by Crippen LogP contribution is -2.27. The van der Waals surface area contributed by atoms with Crippen LogP contribution in [0, 0.1) is 0 Å². The van der Waals surface area contributed by atoms with Crippen LogP contribution in [0.2, 0.25) is 0 Å². The lowest BCUT2D eigenvalue weighted by atomic mass is 9.84. The van der Waals surface area contributed by atoms with Gasteiger partial charge in [-0.25, -0.2) is 0 Å². The fraction of sp³-hybridized carbons (Fsp3) is 0.350. The van der Waals surface area contributed by atoms with Gasteiger partial charge >= 0.3 is 0 Å². The van der Waals surface area contributed by atoms with Crippen molar-refractivity contribution in [3.8, 4) is 11.4 Å². The summed E-state index contributed by atoms with van der Waals surface area (Å²) in [6, 6.07) is 10.4. The predicted molar refractivity (Wildman–Crippen MR) is 97.0 cm³/mol. The van der Waals surface area contributed by atoms with Gasteiger partial charge in [0.1, 0.15) is 0 Å². The Labute approximate surface area is 150 Å². The Morgan fingerprint density at radius 2 is 2.00 bits per heavy atom. The average molecular weight is 348 g/mol. The summed E-state index contributed by atoms with van der Waals surface area (Å²) in [6.07, 6.45) is 3.75. The smallest absolute Gasteiger partial charge is 0.259 e. The van der Waals surface area contributed by atoms with E-state index in [9.17, 15) is 4.79 Å². The van der Waals surface area contributed by atoms with E-state index < -0.39 is 0 Å². The number of pyridine rings is 1. The second-order valence-corrected chi connectivity index (χ2v) is 7.11. The molecule has 0 radical (unpaired) electrons. The first-order chi connectivity index (χ1) is 12.8. The molecule has 6 nitrogen and oxygen atoms in total. The van der Waals surface area contributed by atoms with Crippen molar-refractivity contribution in [1.29, 1.82) is 0 Å². The number of nitrogens with zero attached hydrogens (tertiary/aromatic N) is 2. The first kappa shape index (κ1) is 15.5. The number of aryl methyl sites for hydroxylation is 1. The maximum absolute atomic E-state index is 12.4. The Kier molecular flexibility index (Phi) is 3.71. The van der Waals surface area contributed by atoms with Crippen LogP contribution in [0.4, 0.5) is 0 Å². The quantitative estimate of drug-likeness (QED) is 0.743. The van der Waals surface area contributed by atoms with Gasteiger partial charge in [-0.3, -0.25) is 4.79 Å². The van der Waals surface area contributed by atoms with Gasteiger partial charge in [0.25, 0.3) is 5.56 Å². The van der Waals surface area contributed by atoms with Gasteiger partial charge in [-0.05, 0) is 42.0 Å². The second kappa shape index (κ2) is 6.21. The van der Waals surface area contributed by atoms with Crippen molar-refractivity contribution in [2.45, 2.75) is 38.1 Å². The lowest BCUT2D eigenvalue weighted by molar-refractivity contribution is 0.341. The van der Waals surface area contributed by atoms with E-state index in [0.717, 1.165) is 50.0 Å². The molecule has 0 amide bonds. The van der Waals surface area contributed by atoms with Crippen LogP contribution in [0.1, 0.15) is 40.6 Å². The third-order valence-electron chi connectivity index (χ3n) is 5.46. The SMILES string of the molecule is O=c1[nH]c2c(cc1-c1noc(C3CCc4ccccc4C3)n1)CNCC2. The molecule has 0 spiro atoms. The molecular weight excluding hydrogens is 328 g/mol. The molecule has 2 N–H and O–H groups in total. The highest BCUT2D eigenvalue weighted by Crippen LogP contribution is 2.32. The molecule has 1 aliphatic heterocycles. The van der Waals surface area contributed by atoms with Gasteiger partial charge < -0.3 is 14.8 Å². The van der Waals surface area contributed by atoms with Crippen molar-refractivity contribution in [3.05, 3.63) is 69.0 Å². The first-order valence-electron chi connectivity index (χ1n) is 9.14. The monoisotopic (exact) mass is 348 g/mol. The van der Waals surface area contributed by atoms with Crippen molar-refractivity contribution in [2.24, 2.45) is 0 Å². The molecule has 2 aromatic heterocycles. The van der Waals surface area contributed by atoms with E-state index in [1.807, 2.05) is 6.07 Å². The number of nitrogens with one attached hydrogen (secondary N) is 2. The molecule has 6 heteroatoms. The molecule has 0 fully saturated rings. The van der Waals surface area contributed by atoms with Gasteiger partial charge in [0.05, 0.1) is 5.56 Å². The van der Waals surface area contributed by atoms with Gasteiger partial charge in [-0.2, -0.15) is 4.98 Å². The van der Waals surface area contributed by atoms with Crippen LogP contribution >= 0.6 is 0 Å². The van der Waals surface area contributed by atoms with Crippen molar-refractivity contribution in [1.82, 2.24) is 20.4 Å². The van der Waals surface area contributed by atoms with Gasteiger partial charge in [-0.1, -0.05) is 29.4 Å². The highest BCUT2D eigenvalue weighted by Gasteiger charge is 2.26. The number of aromatic nitrogens is 3. The molecule has 1 aliphatic carbocycles. The number of aromatic amines is 1. The highest BCUT2D eigenvalue weighted by atomic mass is 16.5. The third-order valence-corrected chi connectivity index (χ3v) is 5.46. The van der Waals surface area contributed by atoms with Crippen molar-refractivity contribution in [3.63, 3.8) is 0 Å². The van der Waals surface area contributed by atoms with Crippen LogP contribution in [0.25, 0.3) is 11.4 Å². The molecule has 1 aromatic carbocycles. The number of fused-ring (bicyclic) bond motifs is 2. The van der Waals surface area contributed by atoms with E-state index in [4.69, 9.17) is 4.52 Å². The number of benzene rings is 1. The fourth-order valence-electron chi connectivity index (χ4n) is 4.01. The molecule has 132 valence electrons. The molecule has 0 saturated heterocycles. The number of H-pyrrole nitrogens is 1. The Hall–Kier alpha value is -2.73. The Balaban J connectivity index is 1.45. The average Bonchev–Trinajstić information content (AvgIpc) is 3.17. The summed E-state index contributed by atoms with van der Waals surface area (Å²) in [5.74, 6) is 1.22. The Morgan fingerprint density at radius 3 is 2.92 bits per heavy atom. The van der Waals surface area contributed by atoms with Gasteiger partial charge in [-0.15, -0.1) is 0 Å². The summed E-state index contributed by atoms with van der Waals surface area (Å²) < 4.78 is 5.54. The maximum Gasteiger partial charge on any atom is 0.259 e. The standard InChI is InChI=1S/C20H20N4O2/c25-19-16(10-15-11-21-8-7-17(15)22-19)18-23-20(26-24-18)14-6-5-12-3-1-2-4-13(12)9-14/h1-4,10,14,21H,5-9,11H2,(H,22,25). The molecule has 5 rings (SSSR count). The second-order valence-electron chi connectivity index (χ2n) is 7.11. The molecule has 0 saturated carbocycles. The Bertz CT molecular complexity index is 1020. The predicted octanol–water partition coefficient (Wildman–Crippen LogP) is 2.34. The van der Waals surface area contributed by atoms with E-state index in [1.165, 1.54) is 11.1 Å². The van der Waals surface area contributed by atoms with E-state index >= 15 is 0 Å². The topological polar surface area (TPSA) is 83.8 Å². The lowest BCUT2D eigenvalue weighted by Gasteiger charge is -2.21. The van der Waals surface area contributed by atoms with E-state index in [2.05, 4.69) is 44.7 Å². The van der Waals surface area contributed by atoms with Gasteiger partial charge in [0.15, 0.2) is 0 Å². The molecular formula is C20H20N4O2. The number of hydrogen-bond donors (Lipinski definition) is 2. The van der Waals surface area contributed by atoms with E-state index in [-0.39, 0.29) is 11.5 Å². The van der Waals surface area contributed by atoms with Gasteiger partial charge in [0, 0.05) is 31.1 Å². The van der Waals surface area contributed by atoms with Crippen LogP contribution in [-0.2, 0) is 25.8 Å². The van der Waals surface area contributed by atoms with Crippen LogP contribution in [0.3, 0.4) is 0 Å². The van der Waals surface area contributed by atoms with E-state index in [0.29, 0.717) is 17.3 Å². The number of rotatable bonds is 2. The van der Waals surface area contributed by atoms with Crippen molar-refractivity contribution in [2.75, 3.05) is 6.54 Å². The van der Waals surface area contributed by atoms with Crippen LogP contribution in [0.5, 0.6) is 0 Å². The zero-order valence-corrected chi connectivity index (χ0v) is 14.4. The summed E-state index contributed by atoms with van der Waals surface area (Å²) >= 11 is 0. The van der Waals surface area contributed by atoms with Crippen LogP contribution in [-0.4, -0.2) is 21.7 Å². The van der Waals surface area contributed by atoms with Crippen molar-refractivity contribution < 1.29 is 4.52 Å². The molecule has 1 atom stereocenters. The first-order valence-corrected chi connectivity index (χ1v) is 9.14. The molecule has 2 aliphatic rings. The van der Waals surface area contributed by atoms with Gasteiger partial charge in [0.2, 0.25) is 11.7 Å². The summed E-state index contributed by atoms with van der Waals surface area (Å²) in [5.41, 5.74) is 5.20. The molecule has 3 heterocycles. The fourth-order valence-corrected chi connectivity index (χ4v) is 4.01. The minimum absolute atomic E-state index is 0.146. The van der Waals surface area contributed by atoms with Crippen LogP contribution in [0.15, 0.2) is 39.6 Å². The number of hydrogen-bond acceptors (Lipinski definition) is 5. The largest absolute Gasteiger partial charge is 0.339 e. The highest BCUT2D eigenvalue weighted by molar-refractivity contribution is 5.55. The minimum atomic E-state index is -0.146. The summed E-state index contributed by atoms with van der Waals surface area (Å²) in [7, 11) is 0. The summed E-state index contributed by atoms with van der Waals surface area (Å²) in [6.45, 7) is 1.64. The zero-order valence-electron chi connectivity index (χ0n) is 14.4. The zero-order chi connectivity index (χ0) is 17.5. The molecule has 1 unspecified atom stereocenters. The molecule has 3 aromatic rings. The third kappa shape index (κ3) is 2.66. The minimum Gasteiger partial charge on any atom is -0.339 e. The summed E-state index contributed by atoms with van der Waals surface area (Å²) in [5, 5.41) is 7.42. The van der Waals surface area contributed by atoms with Crippen molar-refractivity contribution >= 4 is 0 Å². The molecule has 26 heavy (non-hydrogen) atoms. The van der Waals surface area contributed by atoms with E-state index in [1.54, 1.807) is 0 Å². The normalized spacial score (nSPS) is 19.0. The van der Waals surface area contributed by atoms with Crippen LogP contribution < -0.4 is 10.9 Å². The maximum atomic E-state index is 12.4. The molecule has 0 bridgehead atoms. The summed E-state index contributed by atoms with van der Waals surface area (Å²) in [4.78, 5) is 20.0.